The molecular weight excluding hydrogens is 80.0 g/mol. The predicted octanol–water partition coefficient (Wildman–Crippen LogP) is 0.179. The topological polar surface area (TPSA) is 26.3 Å². The highest BCUT2D eigenvalue weighted by atomic mass is 16.6. The summed E-state index contributed by atoms with van der Waals surface area (Å²) in [6, 6.07) is 0. The van der Waals surface area contributed by atoms with Crippen LogP contribution in [-0.4, -0.2) is 12.6 Å². The Kier molecular flexibility index (Phi) is 0.587. The van der Waals surface area contributed by atoms with E-state index < -0.39 is 0 Å². The maximum Gasteiger partial charge on any atom is 0.312 e. The normalized spacial score (nSPS) is 31.5. The summed E-state index contributed by atoms with van der Waals surface area (Å²) < 4.78 is 4.40. The van der Waals surface area contributed by atoms with Crippen molar-refractivity contribution < 1.29 is 9.53 Å². The summed E-state index contributed by atoms with van der Waals surface area (Å²) in [6.07, 6.45) is 0. The summed E-state index contributed by atoms with van der Waals surface area (Å²) in [5.41, 5.74) is 0. The first-order valence-electron chi connectivity index (χ1n) is 1.97. The van der Waals surface area contributed by atoms with Gasteiger partial charge in [-0.1, -0.05) is 0 Å². The van der Waals surface area contributed by atoms with Crippen LogP contribution in [-0.2, 0) is 9.53 Å². The number of rotatable bonds is 0. The summed E-state index contributed by atoms with van der Waals surface area (Å²) >= 11 is 0. The average Bonchev–Trinajstić information content (AvgIpc) is 1.61. The van der Waals surface area contributed by atoms with Gasteiger partial charge >= 0.3 is 5.97 Å². The zero-order chi connectivity index (χ0) is 4.57. The van der Waals surface area contributed by atoms with Crippen molar-refractivity contribution in [2.45, 2.75) is 6.92 Å². The second-order valence-corrected chi connectivity index (χ2v) is 1.53. The average molecular weight is 86.1 g/mol. The van der Waals surface area contributed by atoms with E-state index in [1.807, 2.05) is 6.92 Å². The van der Waals surface area contributed by atoms with Crippen molar-refractivity contribution in [1.29, 1.82) is 0 Å². The van der Waals surface area contributed by atoms with Crippen LogP contribution in [0.15, 0.2) is 0 Å². The number of hydrogen-bond acceptors (Lipinski definition) is 2. The van der Waals surface area contributed by atoms with Crippen LogP contribution >= 0.6 is 0 Å². The van der Waals surface area contributed by atoms with Crippen molar-refractivity contribution in [3.63, 3.8) is 0 Å². The standard InChI is InChI=1S/C4H6O2/c1-3-2-6-4(3)5/h3H,2H2,1H3/t3-/m0/s1. The molecule has 0 aliphatic carbocycles. The molecule has 0 bridgehead atoms. The molecule has 1 aliphatic rings. The summed E-state index contributed by atoms with van der Waals surface area (Å²) in [5, 5.41) is 0. The van der Waals surface area contributed by atoms with Crippen molar-refractivity contribution in [2.24, 2.45) is 5.92 Å². The molecular formula is C4H6O2. The van der Waals surface area contributed by atoms with E-state index in [9.17, 15) is 4.79 Å². The molecule has 0 spiro atoms. The van der Waals surface area contributed by atoms with E-state index in [0.717, 1.165) is 0 Å². The van der Waals surface area contributed by atoms with Gasteiger partial charge in [-0.05, 0) is 6.92 Å². The highest BCUT2D eigenvalue weighted by Crippen LogP contribution is 2.08. The molecule has 0 N–H and O–H groups in total. The first-order valence-corrected chi connectivity index (χ1v) is 1.97. The molecule has 1 heterocycles. The summed E-state index contributed by atoms with van der Waals surface area (Å²) in [7, 11) is 0. The zero-order valence-electron chi connectivity index (χ0n) is 3.60. The second kappa shape index (κ2) is 0.965. The third kappa shape index (κ3) is 0.295. The summed E-state index contributed by atoms with van der Waals surface area (Å²) in [4.78, 5) is 10.0. The Bertz CT molecular complexity index is 77.6. The molecule has 0 unspecified atom stereocenters. The predicted molar refractivity (Wildman–Crippen MR) is 20.1 cm³/mol. The van der Waals surface area contributed by atoms with Crippen LogP contribution in [0, 0.1) is 5.92 Å². The van der Waals surface area contributed by atoms with Crippen LogP contribution < -0.4 is 0 Å². The molecule has 6 heavy (non-hydrogen) atoms. The first-order chi connectivity index (χ1) is 2.80. The molecule has 1 saturated heterocycles. The smallest absolute Gasteiger partial charge is 0.312 e. The van der Waals surface area contributed by atoms with Crippen molar-refractivity contribution in [3.05, 3.63) is 0 Å². The molecule has 1 atom stereocenters. The third-order valence-electron chi connectivity index (χ3n) is 0.878. The van der Waals surface area contributed by atoms with E-state index in [1.165, 1.54) is 0 Å². The molecule has 0 aromatic heterocycles. The molecule has 0 amide bonds. The Morgan fingerprint density at radius 3 is 2.50 bits per heavy atom. The van der Waals surface area contributed by atoms with Gasteiger partial charge in [0.05, 0.1) is 5.92 Å². The molecule has 2 heteroatoms. The minimum Gasteiger partial charge on any atom is -0.464 e. The van der Waals surface area contributed by atoms with Crippen LogP contribution in [0.25, 0.3) is 0 Å². The van der Waals surface area contributed by atoms with E-state index in [1.54, 1.807) is 0 Å². The Morgan fingerprint density at radius 1 is 2.00 bits per heavy atom. The highest BCUT2D eigenvalue weighted by molar-refractivity contribution is 5.76. The van der Waals surface area contributed by atoms with Crippen LogP contribution in [0.1, 0.15) is 6.92 Å². The quantitative estimate of drug-likeness (QED) is 0.393. The van der Waals surface area contributed by atoms with Gasteiger partial charge in [-0.2, -0.15) is 0 Å². The van der Waals surface area contributed by atoms with Gasteiger partial charge in [-0.25, -0.2) is 0 Å². The van der Waals surface area contributed by atoms with Gasteiger partial charge in [0.15, 0.2) is 0 Å². The van der Waals surface area contributed by atoms with Crippen molar-refractivity contribution in [1.82, 2.24) is 0 Å². The maximum atomic E-state index is 10.0. The van der Waals surface area contributed by atoms with E-state index >= 15 is 0 Å². The fourth-order valence-electron chi connectivity index (χ4n) is 0.318. The maximum absolute atomic E-state index is 10.0. The molecule has 0 radical (unpaired) electrons. The minimum absolute atomic E-state index is 0.0602. The SMILES string of the molecule is C[C@H]1COC1=O. The van der Waals surface area contributed by atoms with Crippen LogP contribution in [0.5, 0.6) is 0 Å². The molecule has 1 fully saturated rings. The van der Waals surface area contributed by atoms with E-state index in [-0.39, 0.29) is 11.9 Å². The fraction of sp³-hybridized carbons (Fsp3) is 0.750. The number of hydrogen-bond donors (Lipinski definition) is 0. The van der Waals surface area contributed by atoms with E-state index in [4.69, 9.17) is 0 Å². The fourth-order valence-corrected chi connectivity index (χ4v) is 0.318. The Balaban J connectivity index is 2.39. The lowest BCUT2D eigenvalue weighted by molar-refractivity contribution is -0.166. The second-order valence-electron chi connectivity index (χ2n) is 1.53. The monoisotopic (exact) mass is 86.0 g/mol. The summed E-state index contributed by atoms with van der Waals surface area (Å²) in [6.45, 7) is 2.48. The molecule has 2 nitrogen and oxygen atoms in total. The minimum atomic E-state index is -0.0602. The lowest BCUT2D eigenvalue weighted by Gasteiger charge is -2.19. The summed E-state index contributed by atoms with van der Waals surface area (Å²) in [5.74, 6) is 0.111. The van der Waals surface area contributed by atoms with E-state index in [0.29, 0.717) is 6.61 Å². The lowest BCUT2D eigenvalue weighted by Crippen LogP contribution is -2.31. The number of ether oxygens (including phenoxy) is 1. The van der Waals surface area contributed by atoms with Gasteiger partial charge in [0, 0.05) is 0 Å². The molecule has 1 rings (SSSR count). The number of carbonyl (C=O) groups excluding carboxylic acids is 1. The molecule has 34 valence electrons. The van der Waals surface area contributed by atoms with Gasteiger partial charge in [0.25, 0.3) is 0 Å². The van der Waals surface area contributed by atoms with Gasteiger partial charge in [-0.3, -0.25) is 4.79 Å². The largest absolute Gasteiger partial charge is 0.464 e. The Morgan fingerprint density at radius 2 is 2.50 bits per heavy atom. The number of esters is 1. The van der Waals surface area contributed by atoms with E-state index in [2.05, 4.69) is 4.74 Å². The first kappa shape index (κ1) is 3.65. The van der Waals surface area contributed by atoms with Crippen LogP contribution in [0.4, 0.5) is 0 Å². The third-order valence-corrected chi connectivity index (χ3v) is 0.878. The van der Waals surface area contributed by atoms with Gasteiger partial charge in [0.2, 0.25) is 0 Å². The Hall–Kier alpha value is -0.530. The molecule has 1 aliphatic heterocycles. The van der Waals surface area contributed by atoms with Gasteiger partial charge < -0.3 is 4.74 Å². The molecule has 0 saturated carbocycles. The van der Waals surface area contributed by atoms with Gasteiger partial charge in [0.1, 0.15) is 6.61 Å². The number of carbonyl (C=O) groups is 1. The van der Waals surface area contributed by atoms with Crippen molar-refractivity contribution in [3.8, 4) is 0 Å². The lowest BCUT2D eigenvalue weighted by atomic mass is 10.1. The van der Waals surface area contributed by atoms with Gasteiger partial charge in [-0.15, -0.1) is 0 Å². The van der Waals surface area contributed by atoms with Crippen LogP contribution in [0.3, 0.4) is 0 Å². The molecule has 0 aromatic rings. The Labute approximate surface area is 36.1 Å². The van der Waals surface area contributed by atoms with Crippen molar-refractivity contribution in [2.75, 3.05) is 6.61 Å². The highest BCUT2D eigenvalue weighted by Gasteiger charge is 2.24. The van der Waals surface area contributed by atoms with Crippen LogP contribution in [0.2, 0.25) is 0 Å². The molecule has 0 aromatic carbocycles. The zero-order valence-corrected chi connectivity index (χ0v) is 3.60. The van der Waals surface area contributed by atoms with Crippen molar-refractivity contribution >= 4 is 5.97 Å². The number of cyclic esters (lactones) is 1.